The molecule has 3 aliphatic heterocycles. The van der Waals surface area contributed by atoms with Crippen LogP contribution in [0.25, 0.3) is 0 Å². The van der Waals surface area contributed by atoms with Crippen molar-refractivity contribution in [2.45, 2.75) is 37.7 Å². The standard InChI is InChI=1S/C19H33N3O4/c1-20(2)18(24)13-22-15-19(26-12-5-17(22)23)6-9-21(10-7-19)8-3-16-4-11-25-14-16/h16H,3-15H2,1-2H3. The summed E-state index contributed by atoms with van der Waals surface area (Å²) in [5.74, 6) is 0.706. The maximum atomic E-state index is 12.4. The zero-order chi connectivity index (χ0) is 18.6. The third-order valence-corrected chi connectivity index (χ3v) is 6.03. The summed E-state index contributed by atoms with van der Waals surface area (Å²) in [5.41, 5.74) is -0.286. The summed E-state index contributed by atoms with van der Waals surface area (Å²) in [6, 6.07) is 0. The Morgan fingerprint density at radius 2 is 2.04 bits per heavy atom. The van der Waals surface area contributed by atoms with Crippen molar-refractivity contribution in [2.24, 2.45) is 5.92 Å². The maximum absolute atomic E-state index is 12.4. The molecule has 1 unspecified atom stereocenters. The lowest BCUT2D eigenvalue weighted by molar-refractivity contribution is -0.140. The first kappa shape index (κ1) is 19.6. The number of hydrogen-bond acceptors (Lipinski definition) is 5. The van der Waals surface area contributed by atoms with E-state index in [1.807, 2.05) is 0 Å². The van der Waals surface area contributed by atoms with Crippen LogP contribution in [0.4, 0.5) is 0 Å². The van der Waals surface area contributed by atoms with E-state index in [4.69, 9.17) is 9.47 Å². The lowest BCUT2D eigenvalue weighted by Crippen LogP contribution is -2.53. The molecule has 0 N–H and O–H groups in total. The maximum Gasteiger partial charge on any atom is 0.241 e. The van der Waals surface area contributed by atoms with Gasteiger partial charge in [0.1, 0.15) is 0 Å². The number of likely N-dealkylation sites (tertiary alicyclic amines) is 1. The van der Waals surface area contributed by atoms with E-state index >= 15 is 0 Å². The lowest BCUT2D eigenvalue weighted by Gasteiger charge is -2.42. The van der Waals surface area contributed by atoms with Gasteiger partial charge in [-0.15, -0.1) is 0 Å². The Bertz CT molecular complexity index is 497. The molecule has 1 spiro atoms. The van der Waals surface area contributed by atoms with Crippen molar-refractivity contribution in [3.63, 3.8) is 0 Å². The molecule has 0 aromatic heterocycles. The fourth-order valence-corrected chi connectivity index (χ4v) is 4.11. The second kappa shape index (κ2) is 8.67. The number of amides is 2. The largest absolute Gasteiger partial charge is 0.381 e. The Balaban J connectivity index is 1.52. The average Bonchev–Trinajstić information content (AvgIpc) is 3.09. The molecular weight excluding hydrogens is 334 g/mol. The molecule has 3 aliphatic rings. The van der Waals surface area contributed by atoms with Crippen molar-refractivity contribution < 1.29 is 19.1 Å². The van der Waals surface area contributed by atoms with E-state index in [1.165, 1.54) is 12.8 Å². The number of carbonyl (C=O) groups is 2. The van der Waals surface area contributed by atoms with Crippen LogP contribution in [0.3, 0.4) is 0 Å². The Kier molecular flexibility index (Phi) is 6.53. The summed E-state index contributed by atoms with van der Waals surface area (Å²) in [4.78, 5) is 30.2. The Hall–Kier alpha value is -1.18. The molecule has 0 aromatic rings. The highest BCUT2D eigenvalue weighted by molar-refractivity contribution is 5.84. The monoisotopic (exact) mass is 367 g/mol. The summed E-state index contributed by atoms with van der Waals surface area (Å²) in [6.07, 6.45) is 4.61. The van der Waals surface area contributed by atoms with Gasteiger partial charge in [-0.1, -0.05) is 0 Å². The van der Waals surface area contributed by atoms with Crippen LogP contribution in [-0.4, -0.2) is 98.8 Å². The SMILES string of the molecule is CN(C)C(=O)CN1CC2(CCN(CCC3CCOC3)CC2)OCCC1=O. The van der Waals surface area contributed by atoms with Crippen LogP contribution >= 0.6 is 0 Å². The van der Waals surface area contributed by atoms with Crippen LogP contribution in [0.1, 0.15) is 32.1 Å². The molecular formula is C19H33N3O4. The van der Waals surface area contributed by atoms with Crippen molar-refractivity contribution >= 4 is 11.8 Å². The van der Waals surface area contributed by atoms with Crippen molar-refractivity contribution in [2.75, 3.05) is 66.6 Å². The van der Waals surface area contributed by atoms with Gasteiger partial charge >= 0.3 is 0 Å². The van der Waals surface area contributed by atoms with Crippen molar-refractivity contribution in [3.8, 4) is 0 Å². The summed E-state index contributed by atoms with van der Waals surface area (Å²) >= 11 is 0. The molecule has 1 atom stereocenters. The lowest BCUT2D eigenvalue weighted by atomic mass is 9.90. The number of rotatable bonds is 5. The molecule has 0 aliphatic carbocycles. The zero-order valence-corrected chi connectivity index (χ0v) is 16.2. The van der Waals surface area contributed by atoms with E-state index in [9.17, 15) is 9.59 Å². The van der Waals surface area contributed by atoms with Gasteiger partial charge in [0.25, 0.3) is 0 Å². The van der Waals surface area contributed by atoms with Crippen LogP contribution in [0, 0.1) is 5.92 Å². The Morgan fingerprint density at radius 3 is 2.69 bits per heavy atom. The Morgan fingerprint density at radius 1 is 1.27 bits per heavy atom. The second-order valence-electron chi connectivity index (χ2n) is 8.18. The number of ether oxygens (including phenoxy) is 2. The van der Waals surface area contributed by atoms with E-state index < -0.39 is 0 Å². The van der Waals surface area contributed by atoms with Crippen LogP contribution in [-0.2, 0) is 19.1 Å². The van der Waals surface area contributed by atoms with Gasteiger partial charge in [-0.2, -0.15) is 0 Å². The van der Waals surface area contributed by atoms with E-state index in [0.717, 1.165) is 45.7 Å². The fourth-order valence-electron chi connectivity index (χ4n) is 4.11. The normalized spacial score (nSPS) is 26.9. The van der Waals surface area contributed by atoms with Crippen LogP contribution < -0.4 is 0 Å². The van der Waals surface area contributed by atoms with Gasteiger partial charge in [-0.3, -0.25) is 9.59 Å². The summed E-state index contributed by atoms with van der Waals surface area (Å²) in [6.45, 7) is 6.10. The van der Waals surface area contributed by atoms with Gasteiger partial charge < -0.3 is 24.2 Å². The first-order valence-corrected chi connectivity index (χ1v) is 9.89. The first-order valence-electron chi connectivity index (χ1n) is 9.89. The molecule has 2 amide bonds. The van der Waals surface area contributed by atoms with Gasteiger partial charge in [0.15, 0.2) is 0 Å². The van der Waals surface area contributed by atoms with Crippen molar-refractivity contribution in [1.82, 2.24) is 14.7 Å². The molecule has 7 nitrogen and oxygen atoms in total. The molecule has 0 bridgehead atoms. The van der Waals surface area contributed by atoms with E-state index in [-0.39, 0.29) is 24.0 Å². The Labute approximate surface area is 156 Å². The topological polar surface area (TPSA) is 62.3 Å². The van der Waals surface area contributed by atoms with Gasteiger partial charge in [0.05, 0.1) is 31.7 Å². The average molecular weight is 367 g/mol. The first-order chi connectivity index (χ1) is 12.5. The minimum Gasteiger partial charge on any atom is -0.381 e. The number of piperidine rings is 1. The molecule has 0 saturated carbocycles. The molecule has 148 valence electrons. The van der Waals surface area contributed by atoms with Crippen LogP contribution in [0.5, 0.6) is 0 Å². The number of hydrogen-bond donors (Lipinski definition) is 0. The molecule has 3 rings (SSSR count). The fraction of sp³-hybridized carbons (Fsp3) is 0.895. The second-order valence-corrected chi connectivity index (χ2v) is 8.18. The van der Waals surface area contributed by atoms with Crippen molar-refractivity contribution in [1.29, 1.82) is 0 Å². The highest BCUT2D eigenvalue weighted by atomic mass is 16.5. The molecule has 0 aromatic carbocycles. The van der Waals surface area contributed by atoms with Crippen LogP contribution in [0.15, 0.2) is 0 Å². The minimum atomic E-state index is -0.286. The number of nitrogens with zero attached hydrogens (tertiary/aromatic N) is 3. The van der Waals surface area contributed by atoms with Gasteiger partial charge in [-0.05, 0) is 38.1 Å². The highest BCUT2D eigenvalue weighted by Gasteiger charge is 2.40. The summed E-state index contributed by atoms with van der Waals surface area (Å²) in [5, 5.41) is 0. The van der Waals surface area contributed by atoms with Gasteiger partial charge in [-0.25, -0.2) is 0 Å². The molecule has 26 heavy (non-hydrogen) atoms. The highest BCUT2D eigenvalue weighted by Crippen LogP contribution is 2.30. The van der Waals surface area contributed by atoms with E-state index in [2.05, 4.69) is 4.90 Å². The molecule has 7 heteroatoms. The molecule has 3 saturated heterocycles. The van der Waals surface area contributed by atoms with Crippen molar-refractivity contribution in [3.05, 3.63) is 0 Å². The summed E-state index contributed by atoms with van der Waals surface area (Å²) in [7, 11) is 3.45. The number of carbonyl (C=O) groups excluding carboxylic acids is 2. The van der Waals surface area contributed by atoms with Gasteiger partial charge in [0, 0.05) is 40.4 Å². The van der Waals surface area contributed by atoms with Gasteiger partial charge in [0.2, 0.25) is 11.8 Å². The third-order valence-electron chi connectivity index (χ3n) is 6.03. The third kappa shape index (κ3) is 4.96. The zero-order valence-electron chi connectivity index (χ0n) is 16.2. The predicted molar refractivity (Wildman–Crippen MR) is 97.8 cm³/mol. The van der Waals surface area contributed by atoms with E-state index in [1.54, 1.807) is 23.9 Å². The predicted octanol–water partition coefficient (Wildman–Crippen LogP) is 0.585. The summed E-state index contributed by atoms with van der Waals surface area (Å²) < 4.78 is 11.6. The smallest absolute Gasteiger partial charge is 0.241 e. The van der Waals surface area contributed by atoms with E-state index in [0.29, 0.717) is 25.5 Å². The molecule has 3 fully saturated rings. The minimum absolute atomic E-state index is 0.0285. The molecule has 0 radical (unpaired) electrons. The quantitative estimate of drug-likeness (QED) is 0.712. The van der Waals surface area contributed by atoms with Crippen LogP contribution in [0.2, 0.25) is 0 Å². The number of likely N-dealkylation sites (N-methyl/N-ethyl adjacent to an activating group) is 1. The molecule has 3 heterocycles.